The monoisotopic (exact) mass is 377 g/mol. The number of esters is 1. The lowest BCUT2D eigenvalue weighted by Crippen LogP contribution is -2.36. The molecule has 0 saturated heterocycles. The smallest absolute Gasteiger partial charge is 0.351 e. The Labute approximate surface area is 158 Å². The van der Waals surface area contributed by atoms with Gasteiger partial charge >= 0.3 is 5.97 Å². The standard InChI is InChI=1S/C19H27N3O3S/c1-10(2)6-7-12(4)21-14(23)9-25-19(24)17-16(20)15-11(3)8-13(5)22-18(15)26-17/h8,10,12H,6-7,9,20H2,1-5H3,(H,21,23). The third-order valence-electron chi connectivity index (χ3n) is 4.13. The zero-order valence-electron chi connectivity index (χ0n) is 16.0. The van der Waals surface area contributed by atoms with Crippen molar-refractivity contribution in [3.05, 3.63) is 22.2 Å². The molecule has 2 rings (SSSR count). The fourth-order valence-corrected chi connectivity index (χ4v) is 3.90. The van der Waals surface area contributed by atoms with Crippen molar-refractivity contribution in [2.75, 3.05) is 12.3 Å². The molecule has 2 heterocycles. The molecule has 0 aliphatic carbocycles. The first-order valence-corrected chi connectivity index (χ1v) is 9.63. The van der Waals surface area contributed by atoms with E-state index < -0.39 is 5.97 Å². The van der Waals surface area contributed by atoms with Gasteiger partial charge in [0.05, 0.1) is 5.69 Å². The summed E-state index contributed by atoms with van der Waals surface area (Å²) in [6.07, 6.45) is 1.93. The quantitative estimate of drug-likeness (QED) is 0.719. The van der Waals surface area contributed by atoms with Crippen LogP contribution in [0.1, 0.15) is 54.5 Å². The van der Waals surface area contributed by atoms with Gasteiger partial charge in [0.25, 0.3) is 5.91 Å². The molecule has 0 aliphatic heterocycles. The van der Waals surface area contributed by atoms with Crippen molar-refractivity contribution in [1.29, 1.82) is 0 Å². The fraction of sp³-hybridized carbons (Fsp3) is 0.526. The van der Waals surface area contributed by atoms with E-state index in [1.54, 1.807) is 0 Å². The molecule has 0 bridgehead atoms. The van der Waals surface area contributed by atoms with Crippen LogP contribution in [0.2, 0.25) is 0 Å². The van der Waals surface area contributed by atoms with Crippen molar-refractivity contribution < 1.29 is 14.3 Å². The predicted molar refractivity (Wildman–Crippen MR) is 105 cm³/mol. The van der Waals surface area contributed by atoms with E-state index in [2.05, 4.69) is 24.1 Å². The number of thiophene rings is 1. The van der Waals surface area contributed by atoms with Gasteiger partial charge in [0.1, 0.15) is 9.71 Å². The molecule has 2 aromatic heterocycles. The minimum absolute atomic E-state index is 0.0489. The third-order valence-corrected chi connectivity index (χ3v) is 5.21. The Kier molecular flexibility index (Phi) is 6.58. The number of ether oxygens (including phenoxy) is 1. The lowest BCUT2D eigenvalue weighted by atomic mass is 10.0. The Morgan fingerprint density at radius 1 is 1.27 bits per heavy atom. The van der Waals surface area contributed by atoms with Gasteiger partial charge in [-0.3, -0.25) is 4.79 Å². The summed E-state index contributed by atoms with van der Waals surface area (Å²) in [4.78, 5) is 29.7. The Morgan fingerprint density at radius 3 is 2.62 bits per heavy atom. The summed E-state index contributed by atoms with van der Waals surface area (Å²) < 4.78 is 5.15. The van der Waals surface area contributed by atoms with E-state index in [9.17, 15) is 9.59 Å². The average Bonchev–Trinajstić information content (AvgIpc) is 2.87. The molecule has 2 aromatic rings. The van der Waals surface area contributed by atoms with E-state index in [0.717, 1.165) is 29.5 Å². The molecule has 6 nitrogen and oxygen atoms in total. The molecule has 7 heteroatoms. The zero-order chi connectivity index (χ0) is 19.4. The fourth-order valence-electron chi connectivity index (χ4n) is 2.79. The second kappa shape index (κ2) is 8.49. The van der Waals surface area contributed by atoms with E-state index in [4.69, 9.17) is 10.5 Å². The van der Waals surface area contributed by atoms with Gasteiger partial charge < -0.3 is 15.8 Å². The molecular formula is C19H27N3O3S. The second-order valence-corrected chi connectivity index (χ2v) is 8.12. The van der Waals surface area contributed by atoms with E-state index >= 15 is 0 Å². The number of pyridine rings is 1. The van der Waals surface area contributed by atoms with Crippen molar-refractivity contribution >= 4 is 39.1 Å². The van der Waals surface area contributed by atoms with Gasteiger partial charge in [-0.15, -0.1) is 11.3 Å². The van der Waals surface area contributed by atoms with Crippen molar-refractivity contribution in [3.8, 4) is 0 Å². The molecule has 26 heavy (non-hydrogen) atoms. The molecule has 0 fully saturated rings. The summed E-state index contributed by atoms with van der Waals surface area (Å²) in [6.45, 7) is 9.74. The number of nitrogens with two attached hydrogens (primary N) is 1. The normalized spacial score (nSPS) is 12.4. The maximum atomic E-state index is 12.3. The maximum absolute atomic E-state index is 12.3. The van der Waals surface area contributed by atoms with E-state index in [-0.39, 0.29) is 18.6 Å². The van der Waals surface area contributed by atoms with Crippen LogP contribution < -0.4 is 11.1 Å². The van der Waals surface area contributed by atoms with Crippen LogP contribution in [0.15, 0.2) is 6.07 Å². The molecule has 1 amide bonds. The molecule has 1 atom stereocenters. The van der Waals surface area contributed by atoms with E-state index in [1.807, 2.05) is 26.8 Å². The summed E-state index contributed by atoms with van der Waals surface area (Å²) >= 11 is 1.19. The number of carbonyl (C=O) groups excluding carboxylic acids is 2. The van der Waals surface area contributed by atoms with E-state index in [0.29, 0.717) is 21.3 Å². The molecule has 142 valence electrons. The summed E-state index contributed by atoms with van der Waals surface area (Å²) in [6, 6.07) is 1.97. The van der Waals surface area contributed by atoms with Crippen LogP contribution in [0, 0.1) is 19.8 Å². The first-order chi connectivity index (χ1) is 12.2. The van der Waals surface area contributed by atoms with Gasteiger partial charge in [-0.25, -0.2) is 9.78 Å². The maximum Gasteiger partial charge on any atom is 0.351 e. The topological polar surface area (TPSA) is 94.3 Å². The van der Waals surface area contributed by atoms with Gasteiger partial charge in [-0.05, 0) is 51.2 Å². The minimum atomic E-state index is -0.590. The van der Waals surface area contributed by atoms with Crippen molar-refractivity contribution in [2.24, 2.45) is 5.92 Å². The van der Waals surface area contributed by atoms with Gasteiger partial charge in [0.15, 0.2) is 6.61 Å². The molecule has 0 spiro atoms. The molecule has 0 aliphatic rings. The molecular weight excluding hydrogens is 350 g/mol. The van der Waals surface area contributed by atoms with Crippen LogP contribution in [-0.4, -0.2) is 29.5 Å². The summed E-state index contributed by atoms with van der Waals surface area (Å²) in [5, 5.41) is 3.62. The number of nitrogen functional groups attached to an aromatic ring is 1. The molecule has 3 N–H and O–H groups in total. The van der Waals surface area contributed by atoms with Crippen LogP contribution in [-0.2, 0) is 9.53 Å². The lowest BCUT2D eigenvalue weighted by molar-refractivity contribution is -0.124. The molecule has 0 saturated carbocycles. The van der Waals surface area contributed by atoms with Crippen molar-refractivity contribution in [3.63, 3.8) is 0 Å². The number of rotatable bonds is 7. The average molecular weight is 378 g/mol. The highest BCUT2D eigenvalue weighted by molar-refractivity contribution is 7.21. The number of fused-ring (bicyclic) bond motifs is 1. The highest BCUT2D eigenvalue weighted by Gasteiger charge is 2.21. The minimum Gasteiger partial charge on any atom is -0.451 e. The number of hydrogen-bond acceptors (Lipinski definition) is 6. The molecule has 1 unspecified atom stereocenters. The van der Waals surface area contributed by atoms with Gasteiger partial charge in [0, 0.05) is 17.1 Å². The summed E-state index contributed by atoms with van der Waals surface area (Å²) in [5.74, 6) is -0.309. The summed E-state index contributed by atoms with van der Waals surface area (Å²) in [7, 11) is 0. The van der Waals surface area contributed by atoms with Gasteiger partial charge in [-0.1, -0.05) is 13.8 Å². The number of carbonyl (C=O) groups is 2. The number of hydrogen-bond donors (Lipinski definition) is 2. The third kappa shape index (κ3) is 4.94. The first-order valence-electron chi connectivity index (χ1n) is 8.81. The van der Waals surface area contributed by atoms with Crippen LogP contribution in [0.5, 0.6) is 0 Å². The largest absolute Gasteiger partial charge is 0.451 e. The predicted octanol–water partition coefficient (Wildman–Crippen LogP) is 3.59. The van der Waals surface area contributed by atoms with Crippen molar-refractivity contribution in [2.45, 2.75) is 53.5 Å². The SMILES string of the molecule is Cc1cc(C)c2c(N)c(C(=O)OCC(=O)NC(C)CCC(C)C)sc2n1. The van der Waals surface area contributed by atoms with Crippen molar-refractivity contribution in [1.82, 2.24) is 10.3 Å². The lowest BCUT2D eigenvalue weighted by Gasteiger charge is -2.15. The first kappa shape index (κ1) is 20.2. The second-order valence-electron chi connectivity index (χ2n) is 7.12. The Balaban J connectivity index is 1.98. The highest BCUT2D eigenvalue weighted by Crippen LogP contribution is 2.35. The zero-order valence-corrected chi connectivity index (χ0v) is 16.8. The summed E-state index contributed by atoms with van der Waals surface area (Å²) in [5.41, 5.74) is 8.32. The van der Waals surface area contributed by atoms with Crippen LogP contribution in [0.25, 0.3) is 10.2 Å². The number of nitrogens with one attached hydrogen (secondary N) is 1. The Hall–Kier alpha value is -2.15. The molecule has 0 aromatic carbocycles. The number of nitrogens with zero attached hydrogens (tertiary/aromatic N) is 1. The van der Waals surface area contributed by atoms with Gasteiger partial charge in [-0.2, -0.15) is 0 Å². The van der Waals surface area contributed by atoms with Crippen LogP contribution in [0.3, 0.4) is 0 Å². The number of amides is 1. The number of anilines is 1. The van der Waals surface area contributed by atoms with Crippen LogP contribution >= 0.6 is 11.3 Å². The Bertz CT molecular complexity index is 814. The molecule has 0 radical (unpaired) electrons. The number of aryl methyl sites for hydroxylation is 2. The van der Waals surface area contributed by atoms with Crippen LogP contribution in [0.4, 0.5) is 5.69 Å². The number of aromatic nitrogens is 1. The highest BCUT2D eigenvalue weighted by atomic mass is 32.1. The van der Waals surface area contributed by atoms with E-state index in [1.165, 1.54) is 11.3 Å². The Morgan fingerprint density at radius 2 is 1.96 bits per heavy atom. The van der Waals surface area contributed by atoms with Gasteiger partial charge in [0.2, 0.25) is 0 Å².